The minimum Gasteiger partial charge on any atom is -0.352 e. The van der Waals surface area contributed by atoms with Crippen molar-refractivity contribution in [1.82, 2.24) is 5.32 Å². The molecule has 0 spiro atoms. The summed E-state index contributed by atoms with van der Waals surface area (Å²) in [5.41, 5.74) is 8.63. The van der Waals surface area contributed by atoms with E-state index in [-0.39, 0.29) is 30.3 Å². The van der Waals surface area contributed by atoms with Crippen molar-refractivity contribution in [2.24, 2.45) is 11.7 Å². The summed E-state index contributed by atoms with van der Waals surface area (Å²) in [4.78, 5) is 11.9. The number of halogens is 1. The topological polar surface area (TPSA) is 55.1 Å². The Balaban J connectivity index is 0.00000180. The second kappa shape index (κ2) is 6.92. The molecule has 19 heavy (non-hydrogen) atoms. The predicted octanol–water partition coefficient (Wildman–Crippen LogP) is 2.07. The Morgan fingerprint density at radius 2 is 1.95 bits per heavy atom. The van der Waals surface area contributed by atoms with E-state index in [9.17, 15) is 4.79 Å². The fraction of sp³-hybridized carbons (Fsp3) is 0.533. The molecule has 1 amide bonds. The van der Waals surface area contributed by atoms with Crippen LogP contribution in [0.3, 0.4) is 0 Å². The third-order valence-corrected chi connectivity index (χ3v) is 3.71. The molecule has 106 valence electrons. The molecule has 0 radical (unpaired) electrons. The molecular weight excluding hydrogens is 260 g/mol. The predicted molar refractivity (Wildman–Crippen MR) is 80.5 cm³/mol. The van der Waals surface area contributed by atoms with E-state index in [1.807, 2.05) is 13.8 Å². The number of amides is 1. The van der Waals surface area contributed by atoms with Crippen molar-refractivity contribution in [2.75, 3.05) is 0 Å². The first kappa shape index (κ1) is 16.0. The summed E-state index contributed by atoms with van der Waals surface area (Å²) in [5, 5.41) is 3.08. The number of nitrogens with two attached hydrogens (primary N) is 1. The number of nitrogens with one attached hydrogen (secondary N) is 1. The standard InChI is InChI=1S/C15H22N2O.ClH/c1-10(2)14(16)15(18)17-13-8-7-11-5-3-4-6-12(11)9-13;/h3-6,10,13-14H,7-9,16H2,1-2H3,(H,17,18);1H/t13?,14-;/m1./s1. The molecular formula is C15H23ClN2O. The number of carbonyl (C=O) groups excluding carboxylic acids is 1. The first-order valence-electron chi connectivity index (χ1n) is 6.70. The first-order chi connectivity index (χ1) is 8.58. The van der Waals surface area contributed by atoms with E-state index in [4.69, 9.17) is 5.73 Å². The molecule has 0 aromatic heterocycles. The summed E-state index contributed by atoms with van der Waals surface area (Å²) in [6.45, 7) is 3.95. The Morgan fingerprint density at radius 3 is 2.58 bits per heavy atom. The number of hydrogen-bond donors (Lipinski definition) is 2. The first-order valence-corrected chi connectivity index (χ1v) is 6.70. The van der Waals surface area contributed by atoms with Gasteiger partial charge in [0.1, 0.15) is 0 Å². The van der Waals surface area contributed by atoms with Crippen LogP contribution in [0.1, 0.15) is 31.4 Å². The zero-order valence-electron chi connectivity index (χ0n) is 11.6. The van der Waals surface area contributed by atoms with Gasteiger partial charge in [0.25, 0.3) is 0 Å². The van der Waals surface area contributed by atoms with Crippen LogP contribution in [0.25, 0.3) is 0 Å². The van der Waals surface area contributed by atoms with E-state index < -0.39 is 6.04 Å². The van der Waals surface area contributed by atoms with Crippen molar-refractivity contribution in [2.45, 2.75) is 45.2 Å². The molecule has 0 saturated carbocycles. The molecule has 3 nitrogen and oxygen atoms in total. The Labute approximate surface area is 121 Å². The average Bonchev–Trinajstić information content (AvgIpc) is 2.37. The lowest BCUT2D eigenvalue weighted by Crippen LogP contribution is -2.49. The van der Waals surface area contributed by atoms with E-state index in [1.165, 1.54) is 11.1 Å². The summed E-state index contributed by atoms with van der Waals surface area (Å²) >= 11 is 0. The van der Waals surface area contributed by atoms with E-state index in [2.05, 4.69) is 29.6 Å². The van der Waals surface area contributed by atoms with Crippen LogP contribution in [0, 0.1) is 5.92 Å². The van der Waals surface area contributed by atoms with Gasteiger partial charge in [0.2, 0.25) is 5.91 Å². The zero-order valence-corrected chi connectivity index (χ0v) is 12.4. The normalized spacial score (nSPS) is 19.3. The van der Waals surface area contributed by atoms with Crippen molar-refractivity contribution in [3.63, 3.8) is 0 Å². The molecule has 1 aliphatic carbocycles. The summed E-state index contributed by atoms with van der Waals surface area (Å²) in [6, 6.07) is 8.29. The number of carbonyl (C=O) groups is 1. The van der Waals surface area contributed by atoms with Gasteiger partial charge in [-0.25, -0.2) is 0 Å². The van der Waals surface area contributed by atoms with Crippen LogP contribution in [-0.4, -0.2) is 18.0 Å². The SMILES string of the molecule is CC(C)[C@@H](N)C(=O)NC1CCc2ccccc2C1.Cl. The second-order valence-electron chi connectivity index (χ2n) is 5.49. The lowest BCUT2D eigenvalue weighted by Gasteiger charge is -2.27. The molecule has 1 unspecified atom stereocenters. The molecule has 0 heterocycles. The second-order valence-corrected chi connectivity index (χ2v) is 5.49. The molecule has 2 rings (SSSR count). The smallest absolute Gasteiger partial charge is 0.237 e. The van der Waals surface area contributed by atoms with E-state index in [0.29, 0.717) is 0 Å². The van der Waals surface area contributed by atoms with Gasteiger partial charge in [-0.3, -0.25) is 4.79 Å². The molecule has 0 fully saturated rings. The quantitative estimate of drug-likeness (QED) is 0.892. The molecule has 0 saturated heterocycles. The van der Waals surface area contributed by atoms with Crippen molar-refractivity contribution < 1.29 is 4.79 Å². The van der Waals surface area contributed by atoms with Gasteiger partial charge in [0.15, 0.2) is 0 Å². The van der Waals surface area contributed by atoms with E-state index in [0.717, 1.165) is 19.3 Å². The Bertz CT molecular complexity index is 434. The molecule has 1 aromatic carbocycles. The summed E-state index contributed by atoms with van der Waals surface area (Å²) < 4.78 is 0. The van der Waals surface area contributed by atoms with Crippen LogP contribution in [0.15, 0.2) is 24.3 Å². The maximum Gasteiger partial charge on any atom is 0.237 e. The summed E-state index contributed by atoms with van der Waals surface area (Å²) in [6.07, 6.45) is 2.97. The highest BCUT2D eigenvalue weighted by molar-refractivity contribution is 5.85. The highest BCUT2D eigenvalue weighted by atomic mass is 35.5. The highest BCUT2D eigenvalue weighted by Gasteiger charge is 2.23. The van der Waals surface area contributed by atoms with Gasteiger partial charge < -0.3 is 11.1 Å². The van der Waals surface area contributed by atoms with Crippen LogP contribution in [0.2, 0.25) is 0 Å². The molecule has 0 aliphatic heterocycles. The van der Waals surface area contributed by atoms with Gasteiger partial charge in [0.05, 0.1) is 6.04 Å². The molecule has 4 heteroatoms. The van der Waals surface area contributed by atoms with Crippen LogP contribution >= 0.6 is 12.4 Å². The zero-order chi connectivity index (χ0) is 13.1. The van der Waals surface area contributed by atoms with Crippen molar-refractivity contribution in [1.29, 1.82) is 0 Å². The molecule has 3 N–H and O–H groups in total. The maximum absolute atomic E-state index is 11.9. The highest BCUT2D eigenvalue weighted by Crippen LogP contribution is 2.21. The Morgan fingerprint density at radius 1 is 1.32 bits per heavy atom. The lowest BCUT2D eigenvalue weighted by atomic mass is 9.88. The van der Waals surface area contributed by atoms with Gasteiger partial charge in [-0.05, 0) is 36.3 Å². The van der Waals surface area contributed by atoms with Crippen molar-refractivity contribution in [3.8, 4) is 0 Å². The fourth-order valence-corrected chi connectivity index (χ4v) is 2.42. The third kappa shape index (κ3) is 3.95. The van der Waals surface area contributed by atoms with Crippen molar-refractivity contribution >= 4 is 18.3 Å². The number of hydrogen-bond acceptors (Lipinski definition) is 2. The summed E-state index contributed by atoms with van der Waals surface area (Å²) in [7, 11) is 0. The van der Waals surface area contributed by atoms with Gasteiger partial charge >= 0.3 is 0 Å². The Hall–Kier alpha value is -1.06. The van der Waals surface area contributed by atoms with E-state index >= 15 is 0 Å². The molecule has 2 atom stereocenters. The average molecular weight is 283 g/mol. The number of aryl methyl sites for hydroxylation is 1. The van der Waals surface area contributed by atoms with Gasteiger partial charge in [-0.15, -0.1) is 12.4 Å². The van der Waals surface area contributed by atoms with Crippen LogP contribution in [0.5, 0.6) is 0 Å². The molecule has 1 aliphatic rings. The molecule has 1 aromatic rings. The lowest BCUT2D eigenvalue weighted by molar-refractivity contribution is -0.124. The van der Waals surface area contributed by atoms with Crippen LogP contribution in [0.4, 0.5) is 0 Å². The van der Waals surface area contributed by atoms with Gasteiger partial charge in [-0.1, -0.05) is 38.1 Å². The van der Waals surface area contributed by atoms with Crippen LogP contribution in [-0.2, 0) is 17.6 Å². The number of benzene rings is 1. The molecule has 0 bridgehead atoms. The van der Waals surface area contributed by atoms with E-state index in [1.54, 1.807) is 0 Å². The minimum absolute atomic E-state index is 0. The number of rotatable bonds is 3. The van der Waals surface area contributed by atoms with Gasteiger partial charge in [0, 0.05) is 6.04 Å². The summed E-state index contributed by atoms with van der Waals surface area (Å²) in [5.74, 6) is 0.162. The fourth-order valence-electron chi connectivity index (χ4n) is 2.42. The van der Waals surface area contributed by atoms with Crippen molar-refractivity contribution in [3.05, 3.63) is 35.4 Å². The van der Waals surface area contributed by atoms with Crippen LogP contribution < -0.4 is 11.1 Å². The minimum atomic E-state index is -0.401. The van der Waals surface area contributed by atoms with Gasteiger partial charge in [-0.2, -0.15) is 0 Å². The number of fused-ring (bicyclic) bond motifs is 1. The largest absolute Gasteiger partial charge is 0.352 e. The maximum atomic E-state index is 11.9. The Kier molecular flexibility index (Phi) is 5.83. The monoisotopic (exact) mass is 282 g/mol. The third-order valence-electron chi connectivity index (χ3n) is 3.71.